The van der Waals surface area contributed by atoms with Crippen molar-refractivity contribution < 1.29 is 0 Å². The van der Waals surface area contributed by atoms with Gasteiger partial charge in [-0.15, -0.1) is 11.3 Å². The second kappa shape index (κ2) is 6.51. The molecule has 108 valence electrons. The minimum Gasteiger partial charge on any atom is -0.305 e. The van der Waals surface area contributed by atoms with Crippen LogP contribution in [0.5, 0.6) is 0 Å². The summed E-state index contributed by atoms with van der Waals surface area (Å²) in [7, 11) is 0. The van der Waals surface area contributed by atoms with E-state index in [1.54, 1.807) is 11.3 Å². The van der Waals surface area contributed by atoms with E-state index in [0.29, 0.717) is 5.92 Å². The van der Waals surface area contributed by atoms with E-state index in [9.17, 15) is 0 Å². The SMILES string of the molecule is CCNC(c1ccc(C(C)C)cc1)c1nc(C)c(C)s1. The lowest BCUT2D eigenvalue weighted by Gasteiger charge is -2.17. The summed E-state index contributed by atoms with van der Waals surface area (Å²) in [6.45, 7) is 11.8. The zero-order valence-corrected chi connectivity index (χ0v) is 13.8. The summed E-state index contributed by atoms with van der Waals surface area (Å²) in [4.78, 5) is 6.03. The summed E-state index contributed by atoms with van der Waals surface area (Å²) in [6.07, 6.45) is 0. The summed E-state index contributed by atoms with van der Waals surface area (Å²) in [5.41, 5.74) is 3.83. The Morgan fingerprint density at radius 3 is 2.15 bits per heavy atom. The van der Waals surface area contributed by atoms with Crippen molar-refractivity contribution in [3.05, 3.63) is 51.0 Å². The fourth-order valence-electron chi connectivity index (χ4n) is 2.25. The van der Waals surface area contributed by atoms with E-state index in [-0.39, 0.29) is 6.04 Å². The third-order valence-corrected chi connectivity index (χ3v) is 4.77. The maximum atomic E-state index is 4.72. The Hall–Kier alpha value is -1.19. The molecule has 0 aliphatic heterocycles. The molecule has 1 aromatic heterocycles. The van der Waals surface area contributed by atoms with Gasteiger partial charge in [0.05, 0.1) is 11.7 Å². The largest absolute Gasteiger partial charge is 0.305 e. The molecule has 1 unspecified atom stereocenters. The van der Waals surface area contributed by atoms with Gasteiger partial charge in [0.2, 0.25) is 0 Å². The van der Waals surface area contributed by atoms with Crippen LogP contribution in [-0.4, -0.2) is 11.5 Å². The first kappa shape index (κ1) is 15.2. The number of hydrogen-bond acceptors (Lipinski definition) is 3. The highest BCUT2D eigenvalue weighted by Crippen LogP contribution is 2.28. The van der Waals surface area contributed by atoms with Gasteiger partial charge in [-0.25, -0.2) is 4.98 Å². The predicted octanol–water partition coefficient (Wildman–Crippen LogP) is 4.58. The van der Waals surface area contributed by atoms with Crippen LogP contribution in [0.3, 0.4) is 0 Å². The molecule has 1 N–H and O–H groups in total. The van der Waals surface area contributed by atoms with Crippen molar-refractivity contribution in [2.75, 3.05) is 6.54 Å². The molecular weight excluding hydrogens is 264 g/mol. The Morgan fingerprint density at radius 2 is 1.70 bits per heavy atom. The lowest BCUT2D eigenvalue weighted by molar-refractivity contribution is 0.625. The number of nitrogens with one attached hydrogen (secondary N) is 1. The first-order chi connectivity index (χ1) is 9.52. The fourth-order valence-corrected chi connectivity index (χ4v) is 3.27. The first-order valence-electron chi connectivity index (χ1n) is 7.30. The van der Waals surface area contributed by atoms with Crippen molar-refractivity contribution >= 4 is 11.3 Å². The van der Waals surface area contributed by atoms with Crippen molar-refractivity contribution in [3.8, 4) is 0 Å². The topological polar surface area (TPSA) is 24.9 Å². The van der Waals surface area contributed by atoms with E-state index in [0.717, 1.165) is 12.2 Å². The van der Waals surface area contributed by atoms with Crippen LogP contribution < -0.4 is 5.32 Å². The molecule has 0 spiro atoms. The molecule has 0 aliphatic rings. The number of aryl methyl sites for hydroxylation is 2. The summed E-state index contributed by atoms with van der Waals surface area (Å²) >= 11 is 1.79. The minimum atomic E-state index is 0.207. The molecule has 0 amide bonds. The smallest absolute Gasteiger partial charge is 0.115 e. The van der Waals surface area contributed by atoms with Gasteiger partial charge in [0, 0.05) is 4.88 Å². The van der Waals surface area contributed by atoms with Crippen LogP contribution in [0.1, 0.15) is 59.4 Å². The van der Waals surface area contributed by atoms with Crippen LogP contribution in [0.4, 0.5) is 0 Å². The minimum absolute atomic E-state index is 0.207. The molecule has 0 saturated heterocycles. The Morgan fingerprint density at radius 1 is 1.10 bits per heavy atom. The molecule has 20 heavy (non-hydrogen) atoms. The van der Waals surface area contributed by atoms with Gasteiger partial charge in [-0.2, -0.15) is 0 Å². The molecule has 2 nitrogen and oxygen atoms in total. The highest BCUT2D eigenvalue weighted by Gasteiger charge is 2.17. The molecule has 1 heterocycles. The van der Waals surface area contributed by atoms with Gasteiger partial charge in [-0.1, -0.05) is 45.0 Å². The highest BCUT2D eigenvalue weighted by molar-refractivity contribution is 7.11. The van der Waals surface area contributed by atoms with Crippen LogP contribution in [0.15, 0.2) is 24.3 Å². The van der Waals surface area contributed by atoms with Crippen LogP contribution in [0.25, 0.3) is 0 Å². The molecule has 0 aliphatic carbocycles. The molecule has 1 atom stereocenters. The number of rotatable bonds is 5. The van der Waals surface area contributed by atoms with Gasteiger partial charge >= 0.3 is 0 Å². The number of benzene rings is 1. The normalized spacial score (nSPS) is 12.9. The van der Waals surface area contributed by atoms with Crippen molar-refractivity contribution in [2.24, 2.45) is 0 Å². The van der Waals surface area contributed by atoms with Gasteiger partial charge in [0.1, 0.15) is 5.01 Å². The zero-order valence-electron chi connectivity index (χ0n) is 13.0. The summed E-state index contributed by atoms with van der Waals surface area (Å²) in [6, 6.07) is 9.14. The van der Waals surface area contributed by atoms with Crippen molar-refractivity contribution in [1.29, 1.82) is 0 Å². The van der Waals surface area contributed by atoms with Crippen LogP contribution >= 0.6 is 11.3 Å². The van der Waals surface area contributed by atoms with Gasteiger partial charge < -0.3 is 5.32 Å². The monoisotopic (exact) mass is 288 g/mol. The highest BCUT2D eigenvalue weighted by atomic mass is 32.1. The quantitative estimate of drug-likeness (QED) is 0.871. The maximum absolute atomic E-state index is 4.72. The second-order valence-corrected chi connectivity index (χ2v) is 6.74. The third kappa shape index (κ3) is 3.28. The number of nitrogens with zero attached hydrogens (tertiary/aromatic N) is 1. The van der Waals surface area contributed by atoms with E-state index in [2.05, 4.69) is 64.2 Å². The van der Waals surface area contributed by atoms with Crippen LogP contribution in [-0.2, 0) is 0 Å². The van der Waals surface area contributed by atoms with Crippen molar-refractivity contribution in [3.63, 3.8) is 0 Å². The Balaban J connectivity index is 2.32. The van der Waals surface area contributed by atoms with E-state index in [1.807, 2.05) is 0 Å². The summed E-state index contributed by atoms with van der Waals surface area (Å²) < 4.78 is 0. The Kier molecular flexibility index (Phi) is 4.95. The van der Waals surface area contributed by atoms with E-state index in [1.165, 1.54) is 21.0 Å². The van der Waals surface area contributed by atoms with Crippen molar-refractivity contribution in [1.82, 2.24) is 10.3 Å². The average Bonchev–Trinajstić information content (AvgIpc) is 2.76. The molecule has 2 aromatic rings. The average molecular weight is 288 g/mol. The molecule has 0 saturated carbocycles. The molecular formula is C17H24N2S. The summed E-state index contributed by atoms with van der Waals surface area (Å²) in [5, 5.41) is 4.72. The summed E-state index contributed by atoms with van der Waals surface area (Å²) in [5.74, 6) is 0.575. The van der Waals surface area contributed by atoms with Gasteiger partial charge in [-0.3, -0.25) is 0 Å². The molecule has 0 bridgehead atoms. The predicted molar refractivity (Wildman–Crippen MR) is 87.6 cm³/mol. The fraction of sp³-hybridized carbons (Fsp3) is 0.471. The number of hydrogen-bond donors (Lipinski definition) is 1. The van der Waals surface area contributed by atoms with E-state index < -0.39 is 0 Å². The Bertz CT molecular complexity index is 535. The lowest BCUT2D eigenvalue weighted by atomic mass is 9.99. The van der Waals surface area contributed by atoms with Crippen LogP contribution in [0.2, 0.25) is 0 Å². The first-order valence-corrected chi connectivity index (χ1v) is 8.11. The van der Waals surface area contributed by atoms with E-state index in [4.69, 9.17) is 4.98 Å². The number of aromatic nitrogens is 1. The Labute approximate surface area is 126 Å². The molecule has 0 fully saturated rings. The van der Waals surface area contributed by atoms with Gasteiger partial charge in [0.15, 0.2) is 0 Å². The van der Waals surface area contributed by atoms with Gasteiger partial charge in [-0.05, 0) is 37.4 Å². The third-order valence-electron chi connectivity index (χ3n) is 3.64. The standard InChI is InChI=1S/C17H24N2S/c1-6-18-16(17-19-12(4)13(5)20-17)15-9-7-14(8-10-15)11(2)3/h7-11,16,18H,6H2,1-5H3. The lowest BCUT2D eigenvalue weighted by Crippen LogP contribution is -2.21. The maximum Gasteiger partial charge on any atom is 0.115 e. The zero-order chi connectivity index (χ0) is 14.7. The number of thiazole rings is 1. The molecule has 1 aromatic carbocycles. The second-order valence-electron chi connectivity index (χ2n) is 5.51. The molecule has 2 rings (SSSR count). The van der Waals surface area contributed by atoms with Crippen LogP contribution in [0, 0.1) is 13.8 Å². The van der Waals surface area contributed by atoms with Gasteiger partial charge in [0.25, 0.3) is 0 Å². The molecule has 3 heteroatoms. The molecule has 0 radical (unpaired) electrons. The van der Waals surface area contributed by atoms with Crippen molar-refractivity contribution in [2.45, 2.75) is 46.6 Å². The van der Waals surface area contributed by atoms with E-state index >= 15 is 0 Å².